The molecule has 0 aliphatic carbocycles. The van der Waals surface area contributed by atoms with Gasteiger partial charge in [0, 0.05) is 44.9 Å². The van der Waals surface area contributed by atoms with Crippen LogP contribution >= 0.6 is 31.9 Å². The molecule has 0 amide bonds. The molecule has 112 valence electrons. The molecule has 20 heavy (non-hydrogen) atoms. The highest BCUT2D eigenvalue weighted by atomic mass is 79.9. The fourth-order valence-corrected chi connectivity index (χ4v) is 5.03. The summed E-state index contributed by atoms with van der Waals surface area (Å²) in [6.45, 7) is 3.41. The van der Waals surface area contributed by atoms with Crippen LogP contribution in [0.2, 0.25) is 0 Å². The van der Waals surface area contributed by atoms with E-state index in [2.05, 4.69) is 43.2 Å². The van der Waals surface area contributed by atoms with Crippen LogP contribution < -0.4 is 10.1 Å². The maximum atomic E-state index is 11.4. The van der Waals surface area contributed by atoms with Crippen LogP contribution in [0.25, 0.3) is 0 Å². The van der Waals surface area contributed by atoms with Crippen LogP contribution in [0.5, 0.6) is 5.75 Å². The van der Waals surface area contributed by atoms with Gasteiger partial charge in [-0.2, -0.15) is 0 Å². The van der Waals surface area contributed by atoms with E-state index in [0.717, 1.165) is 51.2 Å². The third-order valence-corrected chi connectivity index (χ3v) is 5.77. The molecule has 1 aromatic carbocycles. The van der Waals surface area contributed by atoms with Gasteiger partial charge in [0.05, 0.1) is 11.1 Å². The van der Waals surface area contributed by atoms with E-state index in [1.54, 1.807) is 0 Å². The minimum absolute atomic E-state index is 0.458. The predicted molar refractivity (Wildman–Crippen MR) is 90.7 cm³/mol. The molecular weight excluding hydrogens is 406 g/mol. The predicted octanol–water partition coefficient (Wildman–Crippen LogP) is 3.61. The maximum Gasteiger partial charge on any atom is 0.138 e. The van der Waals surface area contributed by atoms with Gasteiger partial charge in [-0.25, -0.2) is 0 Å². The van der Waals surface area contributed by atoms with Gasteiger partial charge in [0.15, 0.2) is 0 Å². The van der Waals surface area contributed by atoms with Gasteiger partial charge in [0.2, 0.25) is 0 Å². The van der Waals surface area contributed by atoms with Crippen LogP contribution in [0.1, 0.15) is 25.3 Å². The highest BCUT2D eigenvalue weighted by Crippen LogP contribution is 2.33. The lowest BCUT2D eigenvalue weighted by atomic mass is 10.1. The molecule has 1 aliphatic heterocycles. The SMILES string of the molecule is CCOc1c(Br)cc(Br)cc1CNC1CCS(=O)CC1. The number of benzene rings is 1. The lowest BCUT2D eigenvalue weighted by Gasteiger charge is -2.23. The summed E-state index contributed by atoms with van der Waals surface area (Å²) in [5, 5.41) is 3.56. The highest BCUT2D eigenvalue weighted by molar-refractivity contribution is 9.11. The molecule has 0 bridgehead atoms. The number of hydrogen-bond donors (Lipinski definition) is 1. The van der Waals surface area contributed by atoms with Crippen LogP contribution in [0.15, 0.2) is 21.1 Å². The summed E-state index contributed by atoms with van der Waals surface area (Å²) in [6.07, 6.45) is 1.98. The second kappa shape index (κ2) is 7.92. The Bertz CT molecular complexity index is 486. The molecule has 1 aromatic rings. The molecular formula is C14H19Br2NO2S. The first-order valence-corrected chi connectivity index (χ1v) is 9.86. The van der Waals surface area contributed by atoms with Crippen LogP contribution in [-0.4, -0.2) is 28.4 Å². The van der Waals surface area contributed by atoms with Crippen LogP contribution in [0.4, 0.5) is 0 Å². The Kier molecular flexibility index (Phi) is 6.52. The molecule has 0 spiro atoms. The summed E-state index contributed by atoms with van der Waals surface area (Å²) in [4.78, 5) is 0. The lowest BCUT2D eigenvalue weighted by molar-refractivity contribution is 0.332. The third kappa shape index (κ3) is 4.55. The van der Waals surface area contributed by atoms with Crippen LogP contribution in [-0.2, 0) is 17.3 Å². The van der Waals surface area contributed by atoms with Gasteiger partial charge in [-0.1, -0.05) is 15.9 Å². The van der Waals surface area contributed by atoms with Crippen molar-refractivity contribution < 1.29 is 8.95 Å². The molecule has 0 atom stereocenters. The second-order valence-electron chi connectivity index (χ2n) is 4.81. The average Bonchev–Trinajstić information content (AvgIpc) is 2.41. The minimum Gasteiger partial charge on any atom is -0.492 e. The van der Waals surface area contributed by atoms with Crippen molar-refractivity contribution in [3.8, 4) is 5.75 Å². The maximum absolute atomic E-state index is 11.4. The monoisotopic (exact) mass is 423 g/mol. The Morgan fingerprint density at radius 3 is 2.70 bits per heavy atom. The van der Waals surface area contributed by atoms with Crippen molar-refractivity contribution in [2.75, 3.05) is 18.1 Å². The molecule has 0 aromatic heterocycles. The smallest absolute Gasteiger partial charge is 0.138 e. The summed E-state index contributed by atoms with van der Waals surface area (Å²) in [5.41, 5.74) is 1.14. The van der Waals surface area contributed by atoms with Crippen molar-refractivity contribution in [1.82, 2.24) is 5.32 Å². The Hall–Kier alpha value is 0.0900. The van der Waals surface area contributed by atoms with Gasteiger partial charge in [-0.3, -0.25) is 4.21 Å². The minimum atomic E-state index is -0.603. The first-order chi connectivity index (χ1) is 9.60. The molecule has 1 aliphatic rings. The fraction of sp³-hybridized carbons (Fsp3) is 0.571. The number of nitrogens with one attached hydrogen (secondary N) is 1. The molecule has 1 heterocycles. The van der Waals surface area contributed by atoms with Crippen molar-refractivity contribution in [3.63, 3.8) is 0 Å². The van der Waals surface area contributed by atoms with Crippen molar-refractivity contribution in [2.24, 2.45) is 0 Å². The normalized spacial score (nSPS) is 22.8. The summed E-state index contributed by atoms with van der Waals surface area (Å²) in [5.74, 6) is 2.54. The number of halogens is 2. The van der Waals surface area contributed by atoms with Crippen molar-refractivity contribution in [1.29, 1.82) is 0 Å². The molecule has 1 N–H and O–H groups in total. The summed E-state index contributed by atoms with van der Waals surface area (Å²) in [7, 11) is -0.603. The van der Waals surface area contributed by atoms with Crippen molar-refractivity contribution in [2.45, 2.75) is 32.4 Å². The molecule has 0 saturated carbocycles. The Labute approximate surface area is 139 Å². The van der Waals surface area contributed by atoms with Crippen molar-refractivity contribution in [3.05, 3.63) is 26.6 Å². The summed E-state index contributed by atoms with van der Waals surface area (Å²) in [6, 6.07) is 4.54. The highest BCUT2D eigenvalue weighted by Gasteiger charge is 2.18. The van der Waals surface area contributed by atoms with Gasteiger partial charge >= 0.3 is 0 Å². The average molecular weight is 425 g/mol. The molecule has 1 saturated heterocycles. The van der Waals surface area contributed by atoms with E-state index in [4.69, 9.17) is 4.74 Å². The number of hydrogen-bond acceptors (Lipinski definition) is 3. The van der Waals surface area contributed by atoms with Crippen molar-refractivity contribution >= 4 is 42.7 Å². The van der Waals surface area contributed by atoms with E-state index in [1.165, 1.54) is 0 Å². The van der Waals surface area contributed by atoms with Crippen LogP contribution in [0, 0.1) is 0 Å². The third-order valence-electron chi connectivity index (χ3n) is 3.34. The molecule has 2 rings (SSSR count). The molecule has 6 heteroatoms. The first kappa shape index (κ1) is 16.5. The Balaban J connectivity index is 2.02. The second-order valence-corrected chi connectivity index (χ2v) is 8.28. The zero-order valence-corrected chi connectivity index (χ0v) is 15.4. The molecule has 1 fully saturated rings. The Morgan fingerprint density at radius 2 is 2.05 bits per heavy atom. The van der Waals surface area contributed by atoms with E-state index in [9.17, 15) is 4.21 Å². The van der Waals surface area contributed by atoms with E-state index in [0.29, 0.717) is 12.6 Å². The van der Waals surface area contributed by atoms with Gasteiger partial charge < -0.3 is 10.1 Å². The largest absolute Gasteiger partial charge is 0.492 e. The van der Waals surface area contributed by atoms with Gasteiger partial charge in [-0.05, 0) is 47.8 Å². The van der Waals surface area contributed by atoms with Gasteiger partial charge in [-0.15, -0.1) is 0 Å². The molecule has 0 radical (unpaired) electrons. The lowest BCUT2D eigenvalue weighted by Crippen LogP contribution is -2.35. The van der Waals surface area contributed by atoms with E-state index in [1.807, 2.05) is 13.0 Å². The van der Waals surface area contributed by atoms with E-state index < -0.39 is 10.8 Å². The van der Waals surface area contributed by atoms with Crippen LogP contribution in [0.3, 0.4) is 0 Å². The fourth-order valence-electron chi connectivity index (χ4n) is 2.30. The van der Waals surface area contributed by atoms with E-state index >= 15 is 0 Å². The first-order valence-electron chi connectivity index (χ1n) is 6.79. The standard InChI is InChI=1S/C14H19Br2NO2S/c1-2-19-14-10(7-11(15)8-13(14)16)9-17-12-3-5-20(18)6-4-12/h7-8,12,17H,2-6,9H2,1H3. The molecule has 0 unspecified atom stereocenters. The quantitative estimate of drug-likeness (QED) is 0.784. The number of ether oxygens (including phenoxy) is 1. The summed E-state index contributed by atoms with van der Waals surface area (Å²) < 4.78 is 19.1. The summed E-state index contributed by atoms with van der Waals surface area (Å²) >= 11 is 7.07. The van der Waals surface area contributed by atoms with Gasteiger partial charge in [0.25, 0.3) is 0 Å². The topological polar surface area (TPSA) is 38.3 Å². The Morgan fingerprint density at radius 1 is 1.35 bits per heavy atom. The van der Waals surface area contributed by atoms with E-state index in [-0.39, 0.29) is 0 Å². The van der Waals surface area contributed by atoms with Gasteiger partial charge in [0.1, 0.15) is 5.75 Å². The number of rotatable bonds is 5. The molecule has 3 nitrogen and oxygen atoms in total. The zero-order chi connectivity index (χ0) is 14.5. The zero-order valence-electron chi connectivity index (χ0n) is 11.5.